The third-order valence-electron chi connectivity index (χ3n) is 0.848. The molecule has 0 aromatic rings. The molecule has 0 saturated carbocycles. The van der Waals surface area contributed by atoms with E-state index < -0.39 is 0 Å². The van der Waals surface area contributed by atoms with Crippen LogP contribution in [0.1, 0.15) is 6.42 Å². The second-order valence-electron chi connectivity index (χ2n) is 1.63. The second kappa shape index (κ2) is 5.40. The molecule has 0 aliphatic heterocycles. The molecule has 0 atom stereocenters. The first-order valence-corrected chi connectivity index (χ1v) is 2.81. The van der Waals surface area contributed by atoms with Gasteiger partial charge in [-0.3, -0.25) is 0 Å². The van der Waals surface area contributed by atoms with Crippen LogP contribution < -0.4 is 16.6 Å². The maximum atomic E-state index is 8.33. The quantitative estimate of drug-likeness (QED) is 0.217. The molecule has 0 unspecified atom stereocenters. The summed E-state index contributed by atoms with van der Waals surface area (Å²) in [6.07, 6.45) is 0.709. The van der Waals surface area contributed by atoms with Crippen molar-refractivity contribution in [2.24, 2.45) is 5.84 Å². The summed E-state index contributed by atoms with van der Waals surface area (Å²) < 4.78 is 0. The number of hydrazine groups is 1. The van der Waals surface area contributed by atoms with Crippen LogP contribution in [0.15, 0.2) is 12.4 Å². The van der Waals surface area contributed by atoms with Crippen molar-refractivity contribution in [2.45, 2.75) is 6.42 Å². The molecule has 5 N–H and O–H groups in total. The SMILES string of the molecule is C=C(NN)NCCCO. The van der Waals surface area contributed by atoms with Gasteiger partial charge in [0.15, 0.2) is 0 Å². The monoisotopic (exact) mass is 131 g/mol. The Balaban J connectivity index is 2.97. The van der Waals surface area contributed by atoms with Crippen LogP contribution in [0.25, 0.3) is 0 Å². The highest BCUT2D eigenvalue weighted by atomic mass is 16.3. The fourth-order valence-electron chi connectivity index (χ4n) is 0.369. The molecule has 0 aromatic carbocycles. The lowest BCUT2D eigenvalue weighted by Crippen LogP contribution is -2.31. The summed E-state index contributed by atoms with van der Waals surface area (Å²) in [5, 5.41) is 11.2. The van der Waals surface area contributed by atoms with Crippen LogP contribution in [0, 0.1) is 0 Å². The average molecular weight is 131 g/mol. The zero-order valence-electron chi connectivity index (χ0n) is 5.35. The summed E-state index contributed by atoms with van der Waals surface area (Å²) in [4.78, 5) is 0. The number of hydrogen-bond acceptors (Lipinski definition) is 4. The number of aliphatic hydroxyl groups is 1. The summed E-state index contributed by atoms with van der Waals surface area (Å²) >= 11 is 0. The average Bonchev–Trinajstić information content (AvgIpc) is 1.89. The van der Waals surface area contributed by atoms with Crippen LogP contribution in [0.3, 0.4) is 0 Å². The number of nitrogens with two attached hydrogens (primary N) is 1. The van der Waals surface area contributed by atoms with Crippen molar-refractivity contribution in [3.05, 3.63) is 12.4 Å². The van der Waals surface area contributed by atoms with E-state index in [1.165, 1.54) is 0 Å². The predicted octanol–water partition coefficient (Wildman–Crippen LogP) is -1.11. The molecule has 0 aromatic heterocycles. The second-order valence-corrected chi connectivity index (χ2v) is 1.63. The third-order valence-corrected chi connectivity index (χ3v) is 0.848. The van der Waals surface area contributed by atoms with Crippen LogP contribution >= 0.6 is 0 Å². The van der Waals surface area contributed by atoms with Crippen LogP contribution in [0.2, 0.25) is 0 Å². The molecule has 9 heavy (non-hydrogen) atoms. The Hall–Kier alpha value is -0.740. The standard InChI is InChI=1S/C5H13N3O/c1-5(8-6)7-3-2-4-9/h7-9H,1-4,6H2. The van der Waals surface area contributed by atoms with Crippen molar-refractivity contribution in [3.63, 3.8) is 0 Å². The van der Waals surface area contributed by atoms with Gasteiger partial charge in [-0.05, 0) is 6.42 Å². The Labute approximate surface area is 54.7 Å². The zero-order valence-corrected chi connectivity index (χ0v) is 5.35. The molecule has 4 nitrogen and oxygen atoms in total. The Morgan fingerprint density at radius 1 is 1.67 bits per heavy atom. The summed E-state index contributed by atoms with van der Waals surface area (Å²) in [5.74, 6) is 5.55. The van der Waals surface area contributed by atoms with Gasteiger partial charge in [-0.15, -0.1) is 0 Å². The third kappa shape index (κ3) is 5.13. The number of rotatable bonds is 5. The van der Waals surface area contributed by atoms with E-state index in [-0.39, 0.29) is 6.61 Å². The largest absolute Gasteiger partial charge is 0.396 e. The van der Waals surface area contributed by atoms with E-state index in [1.807, 2.05) is 0 Å². The summed E-state index contributed by atoms with van der Waals surface area (Å²) in [6, 6.07) is 0. The zero-order chi connectivity index (χ0) is 7.11. The van der Waals surface area contributed by atoms with E-state index in [2.05, 4.69) is 17.3 Å². The molecule has 4 heteroatoms. The van der Waals surface area contributed by atoms with Crippen molar-refractivity contribution >= 4 is 0 Å². The number of hydrogen-bond donors (Lipinski definition) is 4. The predicted molar refractivity (Wildman–Crippen MR) is 36.2 cm³/mol. The van der Waals surface area contributed by atoms with E-state index in [4.69, 9.17) is 10.9 Å². The summed E-state index contributed by atoms with van der Waals surface area (Å²) in [7, 11) is 0. The first-order valence-electron chi connectivity index (χ1n) is 2.81. The summed E-state index contributed by atoms with van der Waals surface area (Å²) in [6.45, 7) is 4.40. The van der Waals surface area contributed by atoms with Crippen molar-refractivity contribution in [2.75, 3.05) is 13.2 Å². The highest BCUT2D eigenvalue weighted by Gasteiger charge is 1.85. The Morgan fingerprint density at radius 3 is 2.78 bits per heavy atom. The molecular weight excluding hydrogens is 118 g/mol. The lowest BCUT2D eigenvalue weighted by Gasteiger charge is -2.05. The Morgan fingerprint density at radius 2 is 2.33 bits per heavy atom. The van der Waals surface area contributed by atoms with Crippen molar-refractivity contribution in [3.8, 4) is 0 Å². The molecular formula is C5H13N3O. The fourth-order valence-corrected chi connectivity index (χ4v) is 0.369. The van der Waals surface area contributed by atoms with Gasteiger partial charge in [-0.25, -0.2) is 5.84 Å². The molecule has 0 saturated heterocycles. The normalized spacial score (nSPS) is 8.67. The highest BCUT2D eigenvalue weighted by molar-refractivity contribution is 4.84. The smallest absolute Gasteiger partial charge is 0.105 e. The highest BCUT2D eigenvalue weighted by Crippen LogP contribution is 1.75. The summed E-state index contributed by atoms with van der Waals surface area (Å²) in [5.41, 5.74) is 2.34. The Bertz CT molecular complexity index is 84.3. The van der Waals surface area contributed by atoms with E-state index >= 15 is 0 Å². The van der Waals surface area contributed by atoms with Gasteiger partial charge >= 0.3 is 0 Å². The molecule has 0 fully saturated rings. The minimum atomic E-state index is 0.185. The molecule has 54 valence electrons. The lowest BCUT2D eigenvalue weighted by molar-refractivity contribution is 0.287. The first kappa shape index (κ1) is 8.26. The van der Waals surface area contributed by atoms with Gasteiger partial charge in [0.25, 0.3) is 0 Å². The van der Waals surface area contributed by atoms with Crippen LogP contribution in [-0.4, -0.2) is 18.3 Å². The topological polar surface area (TPSA) is 70.3 Å². The van der Waals surface area contributed by atoms with Gasteiger partial charge in [0.2, 0.25) is 0 Å². The van der Waals surface area contributed by atoms with E-state index in [0.29, 0.717) is 18.8 Å². The maximum absolute atomic E-state index is 8.33. The molecule has 0 bridgehead atoms. The first-order chi connectivity index (χ1) is 4.31. The maximum Gasteiger partial charge on any atom is 0.105 e. The minimum Gasteiger partial charge on any atom is -0.396 e. The van der Waals surface area contributed by atoms with Gasteiger partial charge in [-0.1, -0.05) is 6.58 Å². The van der Waals surface area contributed by atoms with E-state index in [9.17, 15) is 0 Å². The van der Waals surface area contributed by atoms with Gasteiger partial charge in [-0.2, -0.15) is 0 Å². The molecule has 0 aliphatic carbocycles. The fraction of sp³-hybridized carbons (Fsp3) is 0.600. The lowest BCUT2D eigenvalue weighted by atomic mass is 10.4. The minimum absolute atomic E-state index is 0.185. The van der Waals surface area contributed by atoms with E-state index in [0.717, 1.165) is 0 Å². The van der Waals surface area contributed by atoms with Crippen LogP contribution in [0.5, 0.6) is 0 Å². The number of nitrogens with one attached hydrogen (secondary N) is 2. The van der Waals surface area contributed by atoms with Gasteiger partial charge in [0, 0.05) is 13.2 Å². The van der Waals surface area contributed by atoms with Gasteiger partial charge in [0.1, 0.15) is 5.82 Å². The van der Waals surface area contributed by atoms with Crippen molar-refractivity contribution < 1.29 is 5.11 Å². The molecule has 0 rings (SSSR count). The molecule has 0 aliphatic rings. The van der Waals surface area contributed by atoms with Crippen molar-refractivity contribution in [1.29, 1.82) is 0 Å². The van der Waals surface area contributed by atoms with Crippen molar-refractivity contribution in [1.82, 2.24) is 10.7 Å². The molecule has 0 amide bonds. The van der Waals surface area contributed by atoms with Crippen LogP contribution in [0.4, 0.5) is 0 Å². The Kier molecular flexibility index (Phi) is 4.95. The van der Waals surface area contributed by atoms with Gasteiger partial charge in [0.05, 0.1) is 0 Å². The molecule has 0 radical (unpaired) electrons. The molecule has 0 spiro atoms. The number of aliphatic hydroxyl groups excluding tert-OH is 1. The molecule has 0 heterocycles. The van der Waals surface area contributed by atoms with Crippen LogP contribution in [-0.2, 0) is 0 Å². The van der Waals surface area contributed by atoms with E-state index in [1.54, 1.807) is 0 Å². The van der Waals surface area contributed by atoms with Gasteiger partial charge < -0.3 is 15.8 Å².